The van der Waals surface area contributed by atoms with Gasteiger partial charge in [-0.15, -0.1) is 11.3 Å². The van der Waals surface area contributed by atoms with Crippen LogP contribution >= 0.6 is 11.3 Å². The molecule has 0 spiro atoms. The highest BCUT2D eigenvalue weighted by Gasteiger charge is 2.29. The zero-order chi connectivity index (χ0) is 28.6. The number of carbonyl (C=O) groups excluding carboxylic acids is 2. The van der Waals surface area contributed by atoms with Crippen LogP contribution in [0.15, 0.2) is 35.7 Å². The predicted octanol–water partition coefficient (Wildman–Crippen LogP) is 7.70. The van der Waals surface area contributed by atoms with Gasteiger partial charge in [0.25, 0.3) is 0 Å². The summed E-state index contributed by atoms with van der Waals surface area (Å²) >= 11 is 1.75. The van der Waals surface area contributed by atoms with Crippen LogP contribution in [0.2, 0.25) is 0 Å². The molecule has 1 amide bonds. The number of rotatable bonds is 14. The van der Waals surface area contributed by atoms with Crippen LogP contribution in [0, 0.1) is 11.8 Å². The molecule has 1 aliphatic heterocycles. The zero-order valence-corrected chi connectivity index (χ0v) is 25.8. The quantitative estimate of drug-likeness (QED) is 0.188. The van der Waals surface area contributed by atoms with Crippen LogP contribution in [0.5, 0.6) is 0 Å². The molecule has 0 radical (unpaired) electrons. The maximum absolute atomic E-state index is 13.7. The van der Waals surface area contributed by atoms with Crippen molar-refractivity contribution in [2.45, 2.75) is 98.1 Å². The van der Waals surface area contributed by atoms with E-state index in [0.717, 1.165) is 62.0 Å². The Morgan fingerprint density at radius 2 is 1.95 bits per heavy atom. The number of amides is 1. The molecule has 1 aromatic carbocycles. The lowest BCUT2D eigenvalue weighted by Gasteiger charge is -2.32. The summed E-state index contributed by atoms with van der Waals surface area (Å²) in [6, 6.07) is 10.5. The number of Topliss-reactive ketones (excluding diaryl/α,β-unsaturated/α-hetero) is 1. The molecule has 0 saturated carbocycles. The second-order valence-corrected chi connectivity index (χ2v) is 12.7. The molecule has 2 atom stereocenters. The van der Waals surface area contributed by atoms with Gasteiger partial charge in [0, 0.05) is 54.9 Å². The van der Waals surface area contributed by atoms with Crippen LogP contribution < -0.4 is 0 Å². The molecular weight excluding hydrogens is 518 g/mol. The van der Waals surface area contributed by atoms with Crippen LogP contribution in [-0.4, -0.2) is 51.9 Å². The van der Waals surface area contributed by atoms with Gasteiger partial charge in [-0.25, -0.2) is 4.98 Å². The van der Waals surface area contributed by atoms with Crippen LogP contribution in [0.25, 0.3) is 11.0 Å². The maximum atomic E-state index is 13.7. The van der Waals surface area contributed by atoms with Gasteiger partial charge >= 0.3 is 0 Å². The minimum Gasteiger partial charge on any atom is -0.376 e. The normalized spacial score (nSPS) is 16.6. The molecule has 1 aliphatic rings. The van der Waals surface area contributed by atoms with E-state index in [-0.39, 0.29) is 30.1 Å². The molecule has 218 valence electrons. The summed E-state index contributed by atoms with van der Waals surface area (Å²) in [6.45, 7) is 12.7. The van der Waals surface area contributed by atoms with Crippen molar-refractivity contribution in [3.63, 3.8) is 0 Å². The van der Waals surface area contributed by atoms with Gasteiger partial charge < -0.3 is 14.2 Å². The van der Waals surface area contributed by atoms with E-state index < -0.39 is 0 Å². The molecule has 0 bridgehead atoms. The van der Waals surface area contributed by atoms with Crippen LogP contribution in [0.4, 0.5) is 0 Å². The number of thiophene rings is 1. The van der Waals surface area contributed by atoms with Gasteiger partial charge in [-0.05, 0) is 81.0 Å². The topological polar surface area (TPSA) is 64.4 Å². The predicted molar refractivity (Wildman–Crippen MR) is 164 cm³/mol. The van der Waals surface area contributed by atoms with Gasteiger partial charge in [-0.3, -0.25) is 9.59 Å². The van der Waals surface area contributed by atoms with Crippen molar-refractivity contribution in [3.8, 4) is 0 Å². The number of hydrogen-bond donors (Lipinski definition) is 0. The Labute approximate surface area is 244 Å². The van der Waals surface area contributed by atoms with E-state index >= 15 is 0 Å². The SMILES string of the molecule is CCC(CC)n1c(Cc2cccs2)nc2cc(C(=O)C[C@@H](CC(C)C)C(=O)N(CC)CC3CCCCO3)ccc21. The minimum absolute atomic E-state index is 0.0164. The summed E-state index contributed by atoms with van der Waals surface area (Å²) in [4.78, 5) is 35.6. The molecule has 1 saturated heterocycles. The molecule has 3 heterocycles. The molecular formula is C33H47N3O3S. The Bertz CT molecular complexity index is 1240. The second kappa shape index (κ2) is 14.4. The highest BCUT2D eigenvalue weighted by molar-refractivity contribution is 7.09. The van der Waals surface area contributed by atoms with Crippen LogP contribution in [0.1, 0.15) is 107 Å². The molecule has 40 heavy (non-hydrogen) atoms. The first kappa shape index (κ1) is 30.4. The molecule has 0 aliphatic carbocycles. The number of fused-ring (bicyclic) bond motifs is 1. The van der Waals surface area contributed by atoms with Crippen LogP contribution in [-0.2, 0) is 16.0 Å². The van der Waals surface area contributed by atoms with Crippen molar-refractivity contribution in [1.29, 1.82) is 0 Å². The Hall–Kier alpha value is -2.51. The third kappa shape index (κ3) is 7.41. The summed E-state index contributed by atoms with van der Waals surface area (Å²) in [7, 11) is 0. The van der Waals surface area contributed by atoms with Crippen molar-refractivity contribution >= 4 is 34.1 Å². The molecule has 0 N–H and O–H groups in total. The summed E-state index contributed by atoms with van der Waals surface area (Å²) < 4.78 is 8.30. The van der Waals surface area contributed by atoms with Gasteiger partial charge in [-0.2, -0.15) is 0 Å². The summed E-state index contributed by atoms with van der Waals surface area (Å²) in [5.74, 6) is 1.14. The third-order valence-corrected chi connectivity index (χ3v) is 9.11. The van der Waals surface area contributed by atoms with Gasteiger partial charge in [0.1, 0.15) is 5.82 Å². The number of aromatic nitrogens is 2. The van der Waals surface area contributed by atoms with E-state index in [4.69, 9.17) is 9.72 Å². The third-order valence-electron chi connectivity index (χ3n) is 8.23. The molecule has 1 unspecified atom stereocenters. The van der Waals surface area contributed by atoms with E-state index in [9.17, 15) is 9.59 Å². The van der Waals surface area contributed by atoms with Crippen molar-refractivity contribution in [1.82, 2.24) is 14.5 Å². The van der Waals surface area contributed by atoms with E-state index in [0.29, 0.717) is 37.0 Å². The Balaban J connectivity index is 1.57. The fraction of sp³-hybridized carbons (Fsp3) is 0.606. The number of imidazole rings is 1. The Morgan fingerprint density at radius 3 is 2.58 bits per heavy atom. The van der Waals surface area contributed by atoms with Gasteiger partial charge in [-0.1, -0.05) is 33.8 Å². The number of ketones is 1. The van der Waals surface area contributed by atoms with Crippen LogP contribution in [0.3, 0.4) is 0 Å². The van der Waals surface area contributed by atoms with Crippen molar-refractivity contribution in [3.05, 3.63) is 52.0 Å². The first-order chi connectivity index (χ1) is 19.3. The lowest BCUT2D eigenvalue weighted by molar-refractivity contribution is -0.138. The molecule has 3 aromatic rings. The number of carbonyl (C=O) groups is 2. The number of hydrogen-bond acceptors (Lipinski definition) is 5. The number of ether oxygens (including phenoxy) is 1. The van der Waals surface area contributed by atoms with E-state index in [1.807, 2.05) is 24.0 Å². The van der Waals surface area contributed by atoms with Crippen molar-refractivity contribution in [2.24, 2.45) is 11.8 Å². The van der Waals surface area contributed by atoms with Gasteiger partial charge in [0.15, 0.2) is 5.78 Å². The number of likely N-dealkylation sites (N-methyl/N-ethyl adjacent to an activating group) is 1. The average molecular weight is 566 g/mol. The molecule has 6 nitrogen and oxygen atoms in total. The zero-order valence-electron chi connectivity index (χ0n) is 25.0. The standard InChI is InChI=1S/C33H47N3O3S/c1-6-26(7-2)36-30-15-14-24(19-29(30)34-32(36)21-28-13-11-17-40-28)31(37)20-25(18-23(4)5)33(38)35(8-3)22-27-12-9-10-16-39-27/h11,13-15,17,19,23,25-27H,6-10,12,16,18,20-22H2,1-5H3/t25-,27?/m1/s1. The first-order valence-electron chi connectivity index (χ1n) is 15.3. The molecule has 4 rings (SSSR count). The van der Waals surface area contributed by atoms with E-state index in [2.05, 4.69) is 55.8 Å². The van der Waals surface area contributed by atoms with E-state index in [1.165, 1.54) is 4.88 Å². The lowest BCUT2D eigenvalue weighted by atomic mass is 9.89. The summed E-state index contributed by atoms with van der Waals surface area (Å²) in [6.07, 6.45) is 7.10. The monoisotopic (exact) mass is 565 g/mol. The summed E-state index contributed by atoms with van der Waals surface area (Å²) in [5.41, 5.74) is 2.58. The van der Waals surface area contributed by atoms with Crippen molar-refractivity contribution in [2.75, 3.05) is 19.7 Å². The van der Waals surface area contributed by atoms with Crippen molar-refractivity contribution < 1.29 is 14.3 Å². The second-order valence-electron chi connectivity index (χ2n) is 11.6. The number of benzene rings is 1. The molecule has 2 aromatic heterocycles. The van der Waals surface area contributed by atoms with E-state index in [1.54, 1.807) is 11.3 Å². The molecule has 7 heteroatoms. The average Bonchev–Trinajstić information content (AvgIpc) is 3.59. The highest BCUT2D eigenvalue weighted by Crippen LogP contribution is 2.30. The first-order valence-corrected chi connectivity index (χ1v) is 16.2. The lowest BCUT2D eigenvalue weighted by Crippen LogP contribution is -2.43. The Morgan fingerprint density at radius 1 is 1.15 bits per heavy atom. The minimum atomic E-state index is -0.330. The summed E-state index contributed by atoms with van der Waals surface area (Å²) in [5, 5.41) is 2.10. The highest BCUT2D eigenvalue weighted by atomic mass is 32.1. The number of nitrogens with zero attached hydrogens (tertiary/aromatic N) is 3. The maximum Gasteiger partial charge on any atom is 0.226 e. The Kier molecular flexibility index (Phi) is 11.0. The fourth-order valence-corrected chi connectivity index (χ4v) is 6.79. The smallest absolute Gasteiger partial charge is 0.226 e. The fourth-order valence-electron chi connectivity index (χ4n) is 6.09. The van der Waals surface area contributed by atoms with Gasteiger partial charge in [0.05, 0.1) is 17.1 Å². The largest absolute Gasteiger partial charge is 0.376 e. The molecule has 1 fully saturated rings. The van der Waals surface area contributed by atoms with Gasteiger partial charge in [0.2, 0.25) is 5.91 Å².